The maximum atomic E-state index is 5.36. The number of rotatable bonds is 3. The summed E-state index contributed by atoms with van der Waals surface area (Å²) in [6.07, 6.45) is 1.37. The van der Waals surface area contributed by atoms with Crippen molar-refractivity contribution in [3.8, 4) is 5.88 Å². The van der Waals surface area contributed by atoms with E-state index in [1.807, 2.05) is 6.92 Å². The van der Waals surface area contributed by atoms with E-state index in [4.69, 9.17) is 22.7 Å². The van der Waals surface area contributed by atoms with Crippen LogP contribution in [0.5, 0.6) is 5.88 Å². The van der Waals surface area contributed by atoms with Gasteiger partial charge in [0.25, 0.3) is 0 Å². The molecule has 1 rings (SSSR count). The Kier molecular flexibility index (Phi) is 2.93. The van der Waals surface area contributed by atoms with Gasteiger partial charge in [-0.15, -0.1) is 0 Å². The Bertz CT molecular complexity index is 290. The van der Waals surface area contributed by atoms with Gasteiger partial charge in [0.2, 0.25) is 5.88 Å². The van der Waals surface area contributed by atoms with Crippen molar-refractivity contribution in [2.24, 2.45) is 5.73 Å². The van der Waals surface area contributed by atoms with E-state index in [0.717, 1.165) is 0 Å². The van der Waals surface area contributed by atoms with Crippen LogP contribution in [0.15, 0.2) is 12.4 Å². The fourth-order valence-electron chi connectivity index (χ4n) is 0.701. The molecule has 0 aromatic carbocycles. The molecule has 0 aliphatic heterocycles. The van der Waals surface area contributed by atoms with E-state index in [9.17, 15) is 0 Å². The zero-order chi connectivity index (χ0) is 8.97. The molecule has 5 heteroatoms. The zero-order valence-electron chi connectivity index (χ0n) is 6.65. The Hall–Kier alpha value is -1.23. The fraction of sp³-hybridized carbons (Fsp3) is 0.286. The van der Waals surface area contributed by atoms with Crippen LogP contribution in [0.1, 0.15) is 12.6 Å². The maximum absolute atomic E-state index is 5.36. The Morgan fingerprint density at radius 1 is 1.67 bits per heavy atom. The van der Waals surface area contributed by atoms with Crippen molar-refractivity contribution in [2.45, 2.75) is 6.92 Å². The molecule has 0 radical (unpaired) electrons. The molecule has 0 bridgehead atoms. The Labute approximate surface area is 75.8 Å². The minimum Gasteiger partial charge on any atom is -0.478 e. The largest absolute Gasteiger partial charge is 0.478 e. The van der Waals surface area contributed by atoms with E-state index >= 15 is 0 Å². The van der Waals surface area contributed by atoms with E-state index in [1.54, 1.807) is 6.07 Å². The lowest BCUT2D eigenvalue weighted by Gasteiger charge is -2.01. The number of nitrogens with two attached hydrogens (primary N) is 1. The first kappa shape index (κ1) is 8.86. The summed E-state index contributed by atoms with van der Waals surface area (Å²) in [6, 6.07) is 1.62. The molecule has 64 valence electrons. The molecule has 0 amide bonds. The number of hydrogen-bond acceptors (Lipinski definition) is 4. The Morgan fingerprint density at radius 3 is 3.00 bits per heavy atom. The van der Waals surface area contributed by atoms with Gasteiger partial charge in [0.15, 0.2) is 0 Å². The third-order valence-electron chi connectivity index (χ3n) is 1.19. The topological polar surface area (TPSA) is 61.0 Å². The number of aromatic nitrogens is 2. The normalized spacial score (nSPS) is 9.42. The molecule has 0 atom stereocenters. The van der Waals surface area contributed by atoms with E-state index in [1.165, 1.54) is 6.33 Å². The quantitative estimate of drug-likeness (QED) is 0.692. The van der Waals surface area contributed by atoms with Crippen molar-refractivity contribution in [1.82, 2.24) is 9.97 Å². The van der Waals surface area contributed by atoms with Gasteiger partial charge in [-0.1, -0.05) is 12.2 Å². The Morgan fingerprint density at radius 2 is 2.42 bits per heavy atom. The van der Waals surface area contributed by atoms with Gasteiger partial charge in [0, 0.05) is 6.07 Å². The van der Waals surface area contributed by atoms with E-state index in [-0.39, 0.29) is 4.99 Å². The first-order valence-electron chi connectivity index (χ1n) is 3.48. The van der Waals surface area contributed by atoms with Crippen LogP contribution < -0.4 is 10.5 Å². The first-order valence-corrected chi connectivity index (χ1v) is 3.89. The van der Waals surface area contributed by atoms with Crippen molar-refractivity contribution in [1.29, 1.82) is 0 Å². The number of hydrogen-bond donors (Lipinski definition) is 1. The van der Waals surface area contributed by atoms with Crippen molar-refractivity contribution in [3.63, 3.8) is 0 Å². The van der Waals surface area contributed by atoms with E-state index < -0.39 is 0 Å². The van der Waals surface area contributed by atoms with Crippen LogP contribution >= 0.6 is 12.2 Å². The van der Waals surface area contributed by atoms with Crippen LogP contribution in [0, 0.1) is 0 Å². The van der Waals surface area contributed by atoms with Crippen molar-refractivity contribution in [2.75, 3.05) is 6.61 Å². The molecule has 4 nitrogen and oxygen atoms in total. The second-order valence-corrected chi connectivity index (χ2v) is 2.48. The molecule has 12 heavy (non-hydrogen) atoms. The van der Waals surface area contributed by atoms with Gasteiger partial charge in [-0.3, -0.25) is 0 Å². The molecule has 2 N–H and O–H groups in total. The summed E-state index contributed by atoms with van der Waals surface area (Å²) in [6.45, 7) is 2.44. The predicted octanol–water partition coefficient (Wildman–Crippen LogP) is 0.510. The first-order chi connectivity index (χ1) is 5.74. The summed E-state index contributed by atoms with van der Waals surface area (Å²) < 4.78 is 5.13. The highest BCUT2D eigenvalue weighted by molar-refractivity contribution is 7.80. The average molecular weight is 183 g/mol. The standard InChI is InChI=1S/C7H9N3OS/c1-2-11-6-3-5(7(8)12)9-4-10-6/h3-4H,2H2,1H3,(H2,8,12). The van der Waals surface area contributed by atoms with Crippen LogP contribution in [0.3, 0.4) is 0 Å². The van der Waals surface area contributed by atoms with Crippen LogP contribution in [0.4, 0.5) is 0 Å². The van der Waals surface area contributed by atoms with Gasteiger partial charge in [-0.25, -0.2) is 9.97 Å². The highest BCUT2D eigenvalue weighted by Gasteiger charge is 2.00. The second kappa shape index (κ2) is 3.96. The van der Waals surface area contributed by atoms with Gasteiger partial charge >= 0.3 is 0 Å². The molecule has 1 aromatic heterocycles. The lowest BCUT2D eigenvalue weighted by atomic mass is 10.4. The van der Waals surface area contributed by atoms with Crippen LogP contribution in [-0.2, 0) is 0 Å². The molecule has 0 aliphatic rings. The molecular formula is C7H9N3OS. The number of ether oxygens (including phenoxy) is 1. The summed E-state index contributed by atoms with van der Waals surface area (Å²) in [5, 5.41) is 0. The number of nitrogens with zero attached hydrogens (tertiary/aromatic N) is 2. The Balaban J connectivity index is 2.88. The predicted molar refractivity (Wildman–Crippen MR) is 49.1 cm³/mol. The fourth-order valence-corrected chi connectivity index (χ4v) is 0.813. The number of thiocarbonyl (C=S) groups is 1. The van der Waals surface area contributed by atoms with E-state index in [0.29, 0.717) is 18.2 Å². The van der Waals surface area contributed by atoms with E-state index in [2.05, 4.69) is 9.97 Å². The summed E-state index contributed by atoms with van der Waals surface area (Å²) >= 11 is 4.74. The lowest BCUT2D eigenvalue weighted by molar-refractivity contribution is 0.326. The molecule has 1 aromatic rings. The molecule has 0 spiro atoms. The maximum Gasteiger partial charge on any atom is 0.216 e. The molecule has 0 unspecified atom stereocenters. The van der Waals surface area contributed by atoms with Gasteiger partial charge in [0.1, 0.15) is 17.0 Å². The van der Waals surface area contributed by atoms with Crippen LogP contribution in [0.2, 0.25) is 0 Å². The minimum atomic E-state index is 0.248. The summed E-state index contributed by atoms with van der Waals surface area (Å²) in [5.74, 6) is 0.496. The van der Waals surface area contributed by atoms with Crippen molar-refractivity contribution >= 4 is 17.2 Å². The van der Waals surface area contributed by atoms with Crippen LogP contribution in [-0.4, -0.2) is 21.6 Å². The summed E-state index contributed by atoms with van der Waals surface area (Å²) in [5.41, 5.74) is 5.90. The zero-order valence-corrected chi connectivity index (χ0v) is 7.47. The van der Waals surface area contributed by atoms with Gasteiger partial charge in [0.05, 0.1) is 6.61 Å². The minimum absolute atomic E-state index is 0.248. The average Bonchev–Trinajstić information content (AvgIpc) is 2.05. The van der Waals surface area contributed by atoms with Gasteiger partial charge in [-0.05, 0) is 6.92 Å². The smallest absolute Gasteiger partial charge is 0.216 e. The molecule has 0 aliphatic carbocycles. The van der Waals surface area contributed by atoms with Gasteiger partial charge < -0.3 is 10.5 Å². The second-order valence-electron chi connectivity index (χ2n) is 2.04. The van der Waals surface area contributed by atoms with Crippen LogP contribution in [0.25, 0.3) is 0 Å². The summed E-state index contributed by atoms with van der Waals surface area (Å²) in [7, 11) is 0. The molecule has 0 saturated carbocycles. The molecule has 0 saturated heterocycles. The highest BCUT2D eigenvalue weighted by atomic mass is 32.1. The molecule has 0 fully saturated rings. The lowest BCUT2D eigenvalue weighted by Crippen LogP contribution is -2.12. The summed E-state index contributed by atoms with van der Waals surface area (Å²) in [4.78, 5) is 7.98. The van der Waals surface area contributed by atoms with Gasteiger partial charge in [-0.2, -0.15) is 0 Å². The molecular weight excluding hydrogens is 174 g/mol. The molecule has 1 heterocycles. The highest BCUT2D eigenvalue weighted by Crippen LogP contribution is 2.05. The van der Waals surface area contributed by atoms with Crippen molar-refractivity contribution in [3.05, 3.63) is 18.1 Å². The third-order valence-corrected chi connectivity index (χ3v) is 1.40. The van der Waals surface area contributed by atoms with Crippen molar-refractivity contribution < 1.29 is 4.74 Å². The third kappa shape index (κ3) is 2.13. The monoisotopic (exact) mass is 183 g/mol. The SMILES string of the molecule is CCOc1cc(C(N)=S)ncn1.